The standard InChI is InChI=1S/C11H21N/c1-10(2)8-9-12-11-6-4-3-5-7-11/h8,11-12H,3-7,9H2,1-2H3. The van der Waals surface area contributed by atoms with Gasteiger partial charge in [0.05, 0.1) is 0 Å². The van der Waals surface area contributed by atoms with E-state index in [4.69, 9.17) is 0 Å². The molecular formula is C11H21N. The Labute approximate surface area is 76.2 Å². The van der Waals surface area contributed by atoms with Gasteiger partial charge in [-0.3, -0.25) is 0 Å². The van der Waals surface area contributed by atoms with Crippen molar-refractivity contribution in [2.75, 3.05) is 6.54 Å². The fourth-order valence-electron chi connectivity index (χ4n) is 1.74. The predicted octanol–water partition coefficient (Wildman–Crippen LogP) is 2.87. The third-order valence-electron chi connectivity index (χ3n) is 2.52. The van der Waals surface area contributed by atoms with Crippen LogP contribution >= 0.6 is 0 Å². The number of hydrogen-bond donors (Lipinski definition) is 1. The molecule has 1 nitrogen and oxygen atoms in total. The second kappa shape index (κ2) is 5.36. The molecule has 0 heterocycles. The van der Waals surface area contributed by atoms with Crippen LogP contribution in [0, 0.1) is 0 Å². The molecule has 1 saturated carbocycles. The smallest absolute Gasteiger partial charge is 0.0139 e. The largest absolute Gasteiger partial charge is 0.311 e. The molecule has 0 aromatic heterocycles. The Balaban J connectivity index is 2.09. The van der Waals surface area contributed by atoms with Gasteiger partial charge in [0, 0.05) is 12.6 Å². The minimum absolute atomic E-state index is 0.800. The lowest BCUT2D eigenvalue weighted by Crippen LogP contribution is -2.31. The fraction of sp³-hybridized carbons (Fsp3) is 0.818. The minimum Gasteiger partial charge on any atom is -0.311 e. The van der Waals surface area contributed by atoms with Crippen molar-refractivity contribution in [3.8, 4) is 0 Å². The SMILES string of the molecule is CC(C)=CCNC1CCCCC1. The summed E-state index contributed by atoms with van der Waals surface area (Å²) in [5.74, 6) is 0. The van der Waals surface area contributed by atoms with E-state index in [0.29, 0.717) is 0 Å². The van der Waals surface area contributed by atoms with Gasteiger partial charge >= 0.3 is 0 Å². The summed E-state index contributed by atoms with van der Waals surface area (Å²) in [6.07, 6.45) is 9.33. The van der Waals surface area contributed by atoms with Crippen molar-refractivity contribution in [1.29, 1.82) is 0 Å². The van der Waals surface area contributed by atoms with Crippen molar-refractivity contribution < 1.29 is 0 Å². The van der Waals surface area contributed by atoms with Crippen LogP contribution in [-0.2, 0) is 0 Å². The van der Waals surface area contributed by atoms with Crippen molar-refractivity contribution in [2.24, 2.45) is 0 Å². The molecule has 0 spiro atoms. The van der Waals surface area contributed by atoms with Crippen LogP contribution in [0.1, 0.15) is 46.0 Å². The Morgan fingerprint density at radius 3 is 2.50 bits per heavy atom. The second-order valence-electron chi connectivity index (χ2n) is 4.02. The maximum Gasteiger partial charge on any atom is 0.0139 e. The molecule has 1 heteroatoms. The predicted molar refractivity (Wildman–Crippen MR) is 54.3 cm³/mol. The van der Waals surface area contributed by atoms with Crippen molar-refractivity contribution in [1.82, 2.24) is 5.32 Å². The number of rotatable bonds is 3. The van der Waals surface area contributed by atoms with E-state index in [0.717, 1.165) is 12.6 Å². The zero-order valence-electron chi connectivity index (χ0n) is 8.40. The van der Waals surface area contributed by atoms with Gasteiger partial charge < -0.3 is 5.32 Å². The highest BCUT2D eigenvalue weighted by Gasteiger charge is 2.10. The average molecular weight is 167 g/mol. The van der Waals surface area contributed by atoms with Crippen LogP contribution in [0.4, 0.5) is 0 Å². The summed E-state index contributed by atoms with van der Waals surface area (Å²) in [6, 6.07) is 0.800. The molecule has 0 bridgehead atoms. The molecule has 0 saturated heterocycles. The van der Waals surface area contributed by atoms with Crippen LogP contribution < -0.4 is 5.32 Å². The van der Waals surface area contributed by atoms with Crippen molar-refractivity contribution in [3.05, 3.63) is 11.6 Å². The molecule has 0 unspecified atom stereocenters. The van der Waals surface area contributed by atoms with Gasteiger partial charge in [-0.2, -0.15) is 0 Å². The van der Waals surface area contributed by atoms with E-state index < -0.39 is 0 Å². The van der Waals surface area contributed by atoms with Gasteiger partial charge in [0.1, 0.15) is 0 Å². The first-order chi connectivity index (χ1) is 5.79. The molecule has 0 amide bonds. The number of hydrogen-bond acceptors (Lipinski definition) is 1. The number of allylic oxidation sites excluding steroid dienone is 1. The summed E-state index contributed by atoms with van der Waals surface area (Å²) >= 11 is 0. The van der Waals surface area contributed by atoms with Gasteiger partial charge in [-0.1, -0.05) is 30.9 Å². The van der Waals surface area contributed by atoms with E-state index in [-0.39, 0.29) is 0 Å². The molecule has 12 heavy (non-hydrogen) atoms. The molecule has 0 atom stereocenters. The molecular weight excluding hydrogens is 146 g/mol. The first-order valence-corrected chi connectivity index (χ1v) is 5.16. The first kappa shape index (κ1) is 9.79. The van der Waals surface area contributed by atoms with E-state index in [9.17, 15) is 0 Å². The number of nitrogens with one attached hydrogen (secondary N) is 1. The molecule has 0 aliphatic heterocycles. The highest BCUT2D eigenvalue weighted by molar-refractivity contribution is 4.95. The van der Waals surface area contributed by atoms with Crippen LogP contribution in [0.3, 0.4) is 0 Å². The highest BCUT2D eigenvalue weighted by atomic mass is 14.9. The Morgan fingerprint density at radius 2 is 1.92 bits per heavy atom. The summed E-state index contributed by atoms with van der Waals surface area (Å²) in [5, 5.41) is 3.58. The molecule has 0 aromatic rings. The minimum atomic E-state index is 0.800. The summed E-state index contributed by atoms with van der Waals surface area (Å²) in [4.78, 5) is 0. The third-order valence-corrected chi connectivity index (χ3v) is 2.52. The van der Waals surface area contributed by atoms with Crippen LogP contribution in [0.15, 0.2) is 11.6 Å². The summed E-state index contributed by atoms with van der Waals surface area (Å²) < 4.78 is 0. The highest BCUT2D eigenvalue weighted by Crippen LogP contribution is 2.16. The van der Waals surface area contributed by atoms with Gasteiger partial charge in [-0.05, 0) is 26.7 Å². The van der Waals surface area contributed by atoms with Crippen LogP contribution in [0.5, 0.6) is 0 Å². The Bertz CT molecular complexity index is 139. The lowest BCUT2D eigenvalue weighted by atomic mass is 9.95. The van der Waals surface area contributed by atoms with E-state index in [1.807, 2.05) is 0 Å². The van der Waals surface area contributed by atoms with E-state index in [1.54, 1.807) is 0 Å². The summed E-state index contributed by atoms with van der Waals surface area (Å²) in [6.45, 7) is 5.37. The zero-order chi connectivity index (χ0) is 8.81. The normalized spacial score (nSPS) is 19.2. The van der Waals surface area contributed by atoms with Crippen LogP contribution in [0.2, 0.25) is 0 Å². The Morgan fingerprint density at radius 1 is 1.25 bits per heavy atom. The molecule has 1 rings (SSSR count). The maximum absolute atomic E-state index is 3.58. The third kappa shape index (κ3) is 3.91. The second-order valence-corrected chi connectivity index (χ2v) is 4.02. The maximum atomic E-state index is 3.58. The Kier molecular flexibility index (Phi) is 4.37. The van der Waals surface area contributed by atoms with Gasteiger partial charge in [0.15, 0.2) is 0 Å². The molecule has 1 fully saturated rings. The first-order valence-electron chi connectivity index (χ1n) is 5.16. The van der Waals surface area contributed by atoms with Gasteiger partial charge in [0.2, 0.25) is 0 Å². The van der Waals surface area contributed by atoms with Gasteiger partial charge in [0.25, 0.3) is 0 Å². The van der Waals surface area contributed by atoms with Gasteiger partial charge in [-0.25, -0.2) is 0 Å². The molecule has 70 valence electrons. The monoisotopic (exact) mass is 167 g/mol. The molecule has 0 aromatic carbocycles. The van der Waals surface area contributed by atoms with E-state index in [2.05, 4.69) is 25.2 Å². The zero-order valence-corrected chi connectivity index (χ0v) is 8.40. The molecule has 0 radical (unpaired) electrons. The van der Waals surface area contributed by atoms with Crippen molar-refractivity contribution in [2.45, 2.75) is 52.0 Å². The van der Waals surface area contributed by atoms with Crippen molar-refractivity contribution >= 4 is 0 Å². The van der Waals surface area contributed by atoms with Crippen molar-refractivity contribution in [3.63, 3.8) is 0 Å². The lowest BCUT2D eigenvalue weighted by Gasteiger charge is -2.22. The average Bonchev–Trinajstić information content (AvgIpc) is 2.05. The van der Waals surface area contributed by atoms with Gasteiger partial charge in [-0.15, -0.1) is 0 Å². The van der Waals surface area contributed by atoms with Crippen LogP contribution in [0.25, 0.3) is 0 Å². The quantitative estimate of drug-likeness (QED) is 0.637. The van der Waals surface area contributed by atoms with E-state index in [1.165, 1.54) is 37.7 Å². The lowest BCUT2D eigenvalue weighted by molar-refractivity contribution is 0.385. The summed E-state index contributed by atoms with van der Waals surface area (Å²) in [5.41, 5.74) is 1.42. The summed E-state index contributed by atoms with van der Waals surface area (Å²) in [7, 11) is 0. The molecule has 1 N–H and O–H groups in total. The molecule has 1 aliphatic carbocycles. The fourth-order valence-corrected chi connectivity index (χ4v) is 1.74. The van der Waals surface area contributed by atoms with E-state index >= 15 is 0 Å². The van der Waals surface area contributed by atoms with Crippen LogP contribution in [-0.4, -0.2) is 12.6 Å². The Hall–Kier alpha value is -0.300. The topological polar surface area (TPSA) is 12.0 Å². The molecule has 1 aliphatic rings.